The quantitative estimate of drug-likeness (QED) is 0.0734. The predicted octanol–water partition coefficient (Wildman–Crippen LogP) is -4.20. The Labute approximate surface area is 482 Å². The van der Waals surface area contributed by atoms with E-state index in [-0.39, 0.29) is 5.41 Å². The molecular weight excluding hydrogens is 1100 g/mol. The zero-order chi connectivity index (χ0) is 59.5. The number of aliphatic hydroxyl groups excluding tert-OH is 15. The fraction of sp³-hybridized carbons (Fsp3) is 0.965. The van der Waals surface area contributed by atoms with Crippen LogP contribution in [0.4, 0.5) is 0 Å². The van der Waals surface area contributed by atoms with E-state index in [2.05, 4.69) is 38.7 Å². The first kappa shape index (κ1) is 63.3. The molecule has 26 heteroatoms. The molecule has 0 aromatic carbocycles. The highest BCUT2D eigenvalue weighted by molar-refractivity contribution is 5.27. The van der Waals surface area contributed by atoms with Gasteiger partial charge in [-0.25, -0.2) is 0 Å². The maximum Gasteiger partial charge on any atom is 0.187 e. The molecule has 11 aliphatic rings. The summed E-state index contributed by atoms with van der Waals surface area (Å²) >= 11 is 0. The van der Waals surface area contributed by atoms with Gasteiger partial charge in [0, 0.05) is 18.6 Å². The third-order valence-corrected chi connectivity index (χ3v) is 22.2. The minimum Gasteiger partial charge on any atom is -0.394 e. The molecule has 7 saturated heterocycles. The third kappa shape index (κ3) is 11.2. The summed E-state index contributed by atoms with van der Waals surface area (Å²) in [7, 11) is 0. The van der Waals surface area contributed by atoms with Crippen LogP contribution in [0.25, 0.3) is 0 Å². The Morgan fingerprint density at radius 2 is 1.10 bits per heavy atom. The molecule has 36 atom stereocenters. The van der Waals surface area contributed by atoms with Crippen molar-refractivity contribution in [2.45, 2.75) is 264 Å². The van der Waals surface area contributed by atoms with Gasteiger partial charge in [-0.2, -0.15) is 0 Å². The molecule has 3 saturated carbocycles. The number of allylic oxidation sites excluding steroid dienone is 1. The number of piperidine rings is 1. The largest absolute Gasteiger partial charge is 0.394 e. The van der Waals surface area contributed by atoms with Gasteiger partial charge in [-0.05, 0) is 111 Å². The van der Waals surface area contributed by atoms with E-state index in [1.54, 1.807) is 0 Å². The number of rotatable bonds is 14. The van der Waals surface area contributed by atoms with Crippen LogP contribution in [0, 0.1) is 46.3 Å². The Bertz CT molecular complexity index is 2220. The van der Waals surface area contributed by atoms with E-state index in [0.29, 0.717) is 59.9 Å². The van der Waals surface area contributed by atoms with Crippen LogP contribution < -0.4 is 0 Å². The van der Waals surface area contributed by atoms with Crippen molar-refractivity contribution in [1.82, 2.24) is 4.90 Å². The standard InChI is InChI=1S/C57H93NO25/c1-21-6-9-29-22(2)35-30(58(29)16-21)15-28-26-8-7-24-14-25(10-12-56(24,4)27(26)11-13-57(28,35)5)76-55-50(83-52-44(70)40(66)36(62)23(3)75-52)46(72)48(33(19-61)79-55)81-54-47(73)49(39(65)32(18-60)78-54)82-53-45(71)42(68)38(64)34(80-53)20-74-51-43(69)41(67)37(63)31(17-59)77-51/h7,21-23,25-55,59-73H,6,8-20H2,1-5H3/t21?,22?,23-,25?,26?,27?,28?,29?,30?,31-,32-,33-,34-,35?,36+,37-,38-,39-,40-,41-,42-,43-,44-,45-,46-,47-,48-,49-,50-,51+,52+,53+,54+,55-,56?,57?/m1/s1. The first-order chi connectivity index (χ1) is 39.4. The Balaban J connectivity index is 0.789. The zero-order valence-corrected chi connectivity index (χ0v) is 47.8. The fourth-order valence-corrected chi connectivity index (χ4v) is 17.6. The molecule has 0 spiro atoms. The summed E-state index contributed by atoms with van der Waals surface area (Å²) in [5.74, 6) is 3.82. The number of ether oxygens (including phenoxy) is 10. The second-order valence-electron chi connectivity index (χ2n) is 26.9. The van der Waals surface area contributed by atoms with Crippen molar-refractivity contribution in [3.63, 3.8) is 0 Å². The maximum atomic E-state index is 12.5. The second kappa shape index (κ2) is 24.8. The monoisotopic (exact) mass is 1190 g/mol. The Kier molecular flexibility index (Phi) is 18.9. The second-order valence-corrected chi connectivity index (χ2v) is 26.9. The highest BCUT2D eigenvalue weighted by Crippen LogP contribution is 2.70. The lowest BCUT2D eigenvalue weighted by Crippen LogP contribution is -2.68. The van der Waals surface area contributed by atoms with Crippen LogP contribution >= 0.6 is 0 Å². The van der Waals surface area contributed by atoms with Crippen molar-refractivity contribution in [2.75, 3.05) is 33.0 Å². The van der Waals surface area contributed by atoms with Crippen molar-refractivity contribution in [1.29, 1.82) is 0 Å². The van der Waals surface area contributed by atoms with Gasteiger partial charge >= 0.3 is 0 Å². The van der Waals surface area contributed by atoms with Gasteiger partial charge in [0.2, 0.25) is 0 Å². The van der Waals surface area contributed by atoms with Crippen LogP contribution in [-0.4, -0.2) is 286 Å². The lowest BCUT2D eigenvalue weighted by atomic mass is 9.47. The lowest BCUT2D eigenvalue weighted by Gasteiger charge is -2.58. The van der Waals surface area contributed by atoms with E-state index >= 15 is 0 Å². The summed E-state index contributed by atoms with van der Waals surface area (Å²) in [6.45, 7) is 9.36. The first-order valence-electron chi connectivity index (χ1n) is 30.4. The molecule has 26 nitrogen and oxygen atoms in total. The average molecular weight is 1190 g/mol. The zero-order valence-electron chi connectivity index (χ0n) is 47.8. The van der Waals surface area contributed by atoms with Crippen LogP contribution in [0.3, 0.4) is 0 Å². The SMILES string of the molecule is CC1CCC2C(C)C3C(CC4C5CC=C6CC(O[C@@H]7O[C@H](CO)[C@@H](O[C@@H]8O[C@H](CO)[C@@H](O)[C@@H](O[C@@H]9O[C@H](CO[C@H]%10O[C@H](CO)[C@@H](O)[C@@H](O)[C@H]%10O)[C@@H](O)[C@@H](O)[C@H]9O)[C@H]8O)[C@@H](O)[C@H]7O[C@@H]7O[C@H](C)[C@H](O)[C@@H](O)[C@H]7O)CCC6(C)C5CCC43C)N2C1. The molecule has 0 amide bonds. The molecule has 10 fully saturated rings. The van der Waals surface area contributed by atoms with Gasteiger partial charge in [0.25, 0.3) is 0 Å². The van der Waals surface area contributed by atoms with Gasteiger partial charge in [-0.1, -0.05) is 39.3 Å². The number of fused-ring (bicyclic) bond motifs is 9. The number of hydrogen-bond acceptors (Lipinski definition) is 26. The van der Waals surface area contributed by atoms with E-state index in [1.165, 1.54) is 44.7 Å². The Morgan fingerprint density at radius 3 is 1.80 bits per heavy atom. The number of aliphatic hydroxyl groups is 15. The molecule has 0 aromatic heterocycles. The van der Waals surface area contributed by atoms with Crippen LogP contribution in [0.15, 0.2) is 11.6 Å². The molecular formula is C57H93NO25. The molecule has 476 valence electrons. The van der Waals surface area contributed by atoms with Gasteiger partial charge in [0.1, 0.15) is 116 Å². The summed E-state index contributed by atoms with van der Waals surface area (Å²) < 4.78 is 59.8. The summed E-state index contributed by atoms with van der Waals surface area (Å²) in [6.07, 6.45) is -32.3. The smallest absolute Gasteiger partial charge is 0.187 e. The Hall–Kier alpha value is -1.30. The molecule has 7 heterocycles. The lowest BCUT2D eigenvalue weighted by molar-refractivity contribution is -0.397. The van der Waals surface area contributed by atoms with Gasteiger partial charge in [0.05, 0.1) is 38.6 Å². The predicted molar refractivity (Wildman–Crippen MR) is 280 cm³/mol. The summed E-state index contributed by atoms with van der Waals surface area (Å²) in [4.78, 5) is 2.91. The highest BCUT2D eigenvalue weighted by Gasteiger charge is 2.67. The van der Waals surface area contributed by atoms with Crippen molar-refractivity contribution in [3.8, 4) is 0 Å². The fourth-order valence-electron chi connectivity index (χ4n) is 17.6. The van der Waals surface area contributed by atoms with Crippen molar-refractivity contribution >= 4 is 0 Å². The average Bonchev–Trinajstić information content (AvgIpc) is 2.41. The van der Waals surface area contributed by atoms with Gasteiger partial charge in [-0.15, -0.1) is 0 Å². The minimum absolute atomic E-state index is 0.0732. The van der Waals surface area contributed by atoms with Crippen LogP contribution in [0.2, 0.25) is 0 Å². The van der Waals surface area contributed by atoms with Crippen LogP contribution in [0.5, 0.6) is 0 Å². The van der Waals surface area contributed by atoms with E-state index in [4.69, 9.17) is 47.4 Å². The molecule has 0 bridgehead atoms. The third-order valence-electron chi connectivity index (χ3n) is 22.2. The molecule has 4 aliphatic carbocycles. The number of nitrogens with zero attached hydrogens (tertiary/aromatic N) is 1. The van der Waals surface area contributed by atoms with E-state index < -0.39 is 186 Å². The minimum atomic E-state index is -2.10. The van der Waals surface area contributed by atoms with Crippen LogP contribution in [0.1, 0.15) is 92.4 Å². The number of hydrogen-bond donors (Lipinski definition) is 15. The molecule has 83 heavy (non-hydrogen) atoms. The van der Waals surface area contributed by atoms with Gasteiger partial charge < -0.3 is 124 Å². The van der Waals surface area contributed by atoms with Crippen LogP contribution in [-0.2, 0) is 47.4 Å². The first-order valence-corrected chi connectivity index (χ1v) is 30.4. The molecule has 0 aromatic rings. The normalized spacial score (nSPS) is 56.5. The van der Waals surface area contributed by atoms with Gasteiger partial charge in [0.15, 0.2) is 31.5 Å². The van der Waals surface area contributed by atoms with E-state index in [9.17, 15) is 76.6 Å². The highest BCUT2D eigenvalue weighted by atomic mass is 16.8. The molecule has 0 radical (unpaired) electrons. The molecule has 7 aliphatic heterocycles. The topological polar surface area (TPSA) is 399 Å². The van der Waals surface area contributed by atoms with E-state index in [1.807, 2.05) is 0 Å². The maximum absolute atomic E-state index is 12.5. The summed E-state index contributed by atoms with van der Waals surface area (Å²) in [6, 6.07) is 1.33. The van der Waals surface area contributed by atoms with Crippen molar-refractivity contribution in [3.05, 3.63) is 11.6 Å². The summed E-state index contributed by atoms with van der Waals surface area (Å²) in [5.41, 5.74) is 1.52. The van der Waals surface area contributed by atoms with E-state index in [0.717, 1.165) is 25.2 Å². The van der Waals surface area contributed by atoms with Crippen molar-refractivity contribution in [2.24, 2.45) is 46.3 Å². The molecule has 15 N–H and O–H groups in total. The molecule has 11 rings (SSSR count). The molecule has 11 unspecified atom stereocenters. The van der Waals surface area contributed by atoms with Gasteiger partial charge in [-0.3, -0.25) is 4.90 Å². The Morgan fingerprint density at radius 1 is 0.518 bits per heavy atom. The summed E-state index contributed by atoms with van der Waals surface area (Å²) in [5, 5.41) is 163. The van der Waals surface area contributed by atoms with Crippen molar-refractivity contribution < 1.29 is 124 Å².